The van der Waals surface area contributed by atoms with E-state index in [1.165, 1.54) is 0 Å². The lowest BCUT2D eigenvalue weighted by Crippen LogP contribution is -2.15. The van der Waals surface area contributed by atoms with Crippen molar-refractivity contribution >= 4 is 29.1 Å². The van der Waals surface area contributed by atoms with Gasteiger partial charge in [-0.05, 0) is 80.0 Å². The molecule has 0 saturated heterocycles. The Kier molecular flexibility index (Phi) is 7.34. The molecule has 4 aromatic rings. The number of nitrogens with one attached hydrogen (secondary N) is 3. The Morgan fingerprint density at radius 2 is 1.83 bits per heavy atom. The number of hydrogen-bond acceptors (Lipinski definition) is 9. The van der Waals surface area contributed by atoms with Crippen LogP contribution >= 0.6 is 0 Å². The van der Waals surface area contributed by atoms with Crippen LogP contribution in [-0.2, 0) is 4.79 Å². The van der Waals surface area contributed by atoms with E-state index in [-0.39, 0.29) is 30.0 Å². The van der Waals surface area contributed by atoms with Gasteiger partial charge in [-0.3, -0.25) is 9.59 Å². The van der Waals surface area contributed by atoms with E-state index >= 15 is 0 Å². The van der Waals surface area contributed by atoms with Crippen molar-refractivity contribution < 1.29 is 14.7 Å². The van der Waals surface area contributed by atoms with Crippen molar-refractivity contribution in [3.63, 3.8) is 0 Å². The number of rotatable bonds is 10. The summed E-state index contributed by atoms with van der Waals surface area (Å²) in [7, 11) is 0. The first kappa shape index (κ1) is 26.5. The fourth-order valence-corrected chi connectivity index (χ4v) is 4.50. The minimum atomic E-state index is -0.332. The number of pyridine rings is 1. The van der Waals surface area contributed by atoms with Gasteiger partial charge in [0.15, 0.2) is 11.5 Å². The predicted octanol–water partition coefficient (Wildman–Crippen LogP) is 4.19. The predicted molar refractivity (Wildman–Crippen MR) is 154 cm³/mol. The summed E-state index contributed by atoms with van der Waals surface area (Å²) in [5.41, 5.74) is 4.96. The number of aryl methyl sites for hydroxylation is 1. The standard InChI is InChI=1S/C30H30N8O3/c1-17-2-7-22(34-30(41)25-12-21(16-33-38-25)18-3-4-18)14-23(17)24-15-27(32-10-11-39)36-28(35-24)20-8-9-31-26(13-20)37-29(40)19-5-6-19/h2,7-9,12-16,18-19,39H,3-6,10-11H2,1H3,(H,34,41)(H,31,37,40)(H,32,35,36). The van der Waals surface area contributed by atoms with Crippen molar-refractivity contribution in [3.05, 3.63) is 71.7 Å². The summed E-state index contributed by atoms with van der Waals surface area (Å²) >= 11 is 0. The van der Waals surface area contributed by atoms with Crippen LogP contribution < -0.4 is 16.0 Å². The number of benzene rings is 1. The number of amides is 2. The zero-order valence-corrected chi connectivity index (χ0v) is 22.6. The highest BCUT2D eigenvalue weighted by atomic mass is 16.3. The van der Waals surface area contributed by atoms with Crippen LogP contribution in [-0.4, -0.2) is 55.2 Å². The van der Waals surface area contributed by atoms with Crippen molar-refractivity contribution in [3.8, 4) is 22.6 Å². The van der Waals surface area contributed by atoms with Crippen LogP contribution in [0.5, 0.6) is 0 Å². The Labute approximate surface area is 236 Å². The van der Waals surface area contributed by atoms with E-state index in [2.05, 4.69) is 36.1 Å². The maximum absolute atomic E-state index is 13.0. The minimum absolute atomic E-state index is 0.0330. The normalized spacial score (nSPS) is 14.4. The average Bonchev–Trinajstić information content (AvgIpc) is 3.90. The largest absolute Gasteiger partial charge is 0.395 e. The molecule has 2 saturated carbocycles. The summed E-state index contributed by atoms with van der Waals surface area (Å²) in [5.74, 6) is 1.55. The number of aliphatic hydroxyl groups is 1. The number of carbonyl (C=O) groups is 2. The van der Waals surface area contributed by atoms with Crippen LogP contribution in [0, 0.1) is 12.8 Å². The number of nitrogens with zero attached hydrogens (tertiary/aromatic N) is 5. The summed E-state index contributed by atoms with van der Waals surface area (Å²) in [6.45, 7) is 2.21. The smallest absolute Gasteiger partial charge is 0.276 e. The zero-order chi connectivity index (χ0) is 28.3. The number of carbonyl (C=O) groups excluding carboxylic acids is 2. The number of aromatic nitrogens is 5. The highest BCUT2D eigenvalue weighted by Gasteiger charge is 2.30. The summed E-state index contributed by atoms with van der Waals surface area (Å²) in [6.07, 6.45) is 7.35. The zero-order valence-electron chi connectivity index (χ0n) is 22.6. The third kappa shape index (κ3) is 6.36. The van der Waals surface area contributed by atoms with Crippen LogP contribution in [0.4, 0.5) is 17.3 Å². The summed E-state index contributed by atoms with van der Waals surface area (Å²) in [4.78, 5) is 39.0. The van der Waals surface area contributed by atoms with Gasteiger partial charge in [0, 0.05) is 41.5 Å². The second kappa shape index (κ2) is 11.4. The number of aliphatic hydroxyl groups excluding tert-OH is 1. The Morgan fingerprint density at radius 3 is 2.61 bits per heavy atom. The van der Waals surface area contributed by atoms with Crippen molar-refractivity contribution in [1.29, 1.82) is 0 Å². The maximum Gasteiger partial charge on any atom is 0.276 e. The van der Waals surface area contributed by atoms with E-state index in [1.807, 2.05) is 25.1 Å². The monoisotopic (exact) mass is 550 g/mol. The van der Waals surface area contributed by atoms with Crippen molar-refractivity contribution in [2.45, 2.75) is 38.5 Å². The van der Waals surface area contributed by atoms with Gasteiger partial charge in [-0.2, -0.15) is 5.10 Å². The Bertz CT molecular complexity index is 1620. The molecule has 1 aromatic carbocycles. The van der Waals surface area contributed by atoms with E-state index in [1.54, 1.807) is 36.7 Å². The summed E-state index contributed by atoms with van der Waals surface area (Å²) in [6, 6.07) is 12.7. The molecule has 41 heavy (non-hydrogen) atoms. The van der Waals surface area contributed by atoms with Crippen LogP contribution in [0.2, 0.25) is 0 Å². The van der Waals surface area contributed by atoms with Gasteiger partial charge in [-0.25, -0.2) is 15.0 Å². The SMILES string of the molecule is Cc1ccc(NC(=O)c2cc(C3CC3)cnn2)cc1-c1cc(NCCO)nc(-c2ccnc(NC(=O)C3CC3)c2)n1. The topological polar surface area (TPSA) is 155 Å². The van der Waals surface area contributed by atoms with Crippen LogP contribution in [0.15, 0.2) is 54.9 Å². The maximum atomic E-state index is 13.0. The van der Waals surface area contributed by atoms with Crippen molar-refractivity contribution in [2.75, 3.05) is 29.1 Å². The van der Waals surface area contributed by atoms with Gasteiger partial charge in [0.05, 0.1) is 18.5 Å². The molecular formula is C30H30N8O3. The molecule has 3 aromatic heterocycles. The quantitative estimate of drug-likeness (QED) is 0.227. The molecule has 2 amide bonds. The van der Waals surface area contributed by atoms with E-state index in [4.69, 9.17) is 4.98 Å². The molecule has 0 atom stereocenters. The molecule has 208 valence electrons. The van der Waals surface area contributed by atoms with Crippen LogP contribution in [0.25, 0.3) is 22.6 Å². The molecule has 6 rings (SSSR count). The molecule has 2 aliphatic rings. The molecule has 0 radical (unpaired) electrons. The van der Waals surface area contributed by atoms with Crippen LogP contribution in [0.3, 0.4) is 0 Å². The highest BCUT2D eigenvalue weighted by molar-refractivity contribution is 6.03. The molecule has 2 fully saturated rings. The lowest BCUT2D eigenvalue weighted by Gasteiger charge is -2.13. The molecule has 2 aliphatic carbocycles. The number of anilines is 3. The molecule has 0 spiro atoms. The molecule has 11 heteroatoms. The van der Waals surface area contributed by atoms with Crippen molar-refractivity contribution in [2.24, 2.45) is 5.92 Å². The highest BCUT2D eigenvalue weighted by Crippen LogP contribution is 2.39. The van der Waals surface area contributed by atoms with E-state index in [9.17, 15) is 14.7 Å². The average molecular weight is 551 g/mol. The summed E-state index contributed by atoms with van der Waals surface area (Å²) in [5, 5.41) is 26.3. The third-order valence-corrected chi connectivity index (χ3v) is 7.09. The molecule has 11 nitrogen and oxygen atoms in total. The number of hydrogen-bond donors (Lipinski definition) is 4. The molecule has 3 heterocycles. The molecule has 4 N–H and O–H groups in total. The van der Waals surface area contributed by atoms with Gasteiger partial charge in [0.1, 0.15) is 11.6 Å². The first-order valence-corrected chi connectivity index (χ1v) is 13.7. The van der Waals surface area contributed by atoms with Gasteiger partial charge in [-0.1, -0.05) is 6.07 Å². The minimum Gasteiger partial charge on any atom is -0.395 e. The third-order valence-electron chi connectivity index (χ3n) is 7.09. The van der Waals surface area contributed by atoms with Gasteiger partial charge in [-0.15, -0.1) is 5.10 Å². The van der Waals surface area contributed by atoms with E-state index in [0.717, 1.165) is 42.4 Å². The lowest BCUT2D eigenvalue weighted by molar-refractivity contribution is -0.117. The van der Waals surface area contributed by atoms with Gasteiger partial charge >= 0.3 is 0 Å². The van der Waals surface area contributed by atoms with Gasteiger partial charge in [0.2, 0.25) is 5.91 Å². The first-order chi connectivity index (χ1) is 20.0. The molecule has 0 unspecified atom stereocenters. The second-order valence-corrected chi connectivity index (χ2v) is 10.4. The fourth-order valence-electron chi connectivity index (χ4n) is 4.50. The van der Waals surface area contributed by atoms with E-state index in [0.29, 0.717) is 46.9 Å². The van der Waals surface area contributed by atoms with Gasteiger partial charge < -0.3 is 21.1 Å². The Hall–Kier alpha value is -4.77. The van der Waals surface area contributed by atoms with Crippen molar-refractivity contribution in [1.82, 2.24) is 25.1 Å². The van der Waals surface area contributed by atoms with E-state index < -0.39 is 0 Å². The summed E-state index contributed by atoms with van der Waals surface area (Å²) < 4.78 is 0. The molecule has 0 bridgehead atoms. The van der Waals surface area contributed by atoms with Gasteiger partial charge in [0.25, 0.3) is 5.91 Å². The van der Waals surface area contributed by atoms with Crippen LogP contribution in [0.1, 0.15) is 53.2 Å². The second-order valence-electron chi connectivity index (χ2n) is 10.4. The fraction of sp³-hybridized carbons (Fsp3) is 0.300. The first-order valence-electron chi connectivity index (χ1n) is 13.7. The molecular weight excluding hydrogens is 520 g/mol. The lowest BCUT2D eigenvalue weighted by atomic mass is 10.0. The Morgan fingerprint density at radius 1 is 0.976 bits per heavy atom. The molecule has 0 aliphatic heterocycles. The Balaban J connectivity index is 1.30.